The van der Waals surface area contributed by atoms with Crippen molar-refractivity contribution in [1.82, 2.24) is 30.5 Å². The summed E-state index contributed by atoms with van der Waals surface area (Å²) in [6.07, 6.45) is 4.44. The number of nitrogens with one attached hydrogen (secondary N) is 3. The lowest BCUT2D eigenvalue weighted by Gasteiger charge is -2.29. The van der Waals surface area contributed by atoms with E-state index >= 15 is 0 Å². The van der Waals surface area contributed by atoms with Crippen molar-refractivity contribution < 1.29 is 19.4 Å². The number of piperidine rings is 1. The molecule has 3 aromatic heterocycles. The standard InChI is InChI=1S/C38H39Cl2N7O4S/c1-21-27(19-41-18-23-9-10-32(48)44-23)30(51-2)17-29(43-21)26-7-3-5-24(34(26)39)25-6-4-8-28(35(25)40)45-37-36-31(11-14-42-37)52-33(46-36)20-47-15-12-22(13-16-47)38(49)50/h3-8,11,14,17,22-23,41H,9-10,12-13,15-16,18-20H2,1-2H3,(H,42,45)(H,44,48)(H,49,50). The average molecular weight is 761 g/mol. The number of benzene rings is 2. The van der Waals surface area contributed by atoms with E-state index < -0.39 is 5.97 Å². The maximum atomic E-state index is 11.6. The zero-order valence-electron chi connectivity index (χ0n) is 28.8. The molecule has 5 heterocycles. The lowest BCUT2D eigenvalue weighted by atomic mass is 9.97. The second kappa shape index (κ2) is 15.7. The van der Waals surface area contributed by atoms with Gasteiger partial charge in [0.25, 0.3) is 0 Å². The molecule has 7 rings (SSSR count). The number of anilines is 2. The Balaban J connectivity index is 1.10. The van der Waals surface area contributed by atoms with Crippen molar-refractivity contribution in [2.45, 2.75) is 51.7 Å². The highest BCUT2D eigenvalue weighted by molar-refractivity contribution is 7.18. The average Bonchev–Trinajstić information content (AvgIpc) is 3.75. The predicted molar refractivity (Wildman–Crippen MR) is 206 cm³/mol. The van der Waals surface area contributed by atoms with Crippen LogP contribution in [-0.2, 0) is 22.7 Å². The number of aromatic nitrogens is 3. The number of hydrogen-bond acceptors (Lipinski definition) is 10. The first-order valence-electron chi connectivity index (χ1n) is 17.3. The molecule has 11 nitrogen and oxygen atoms in total. The van der Waals surface area contributed by atoms with Gasteiger partial charge in [-0.2, -0.15) is 0 Å². The van der Waals surface area contributed by atoms with E-state index in [-0.39, 0.29) is 17.9 Å². The molecule has 2 aliphatic heterocycles. The lowest BCUT2D eigenvalue weighted by Crippen LogP contribution is -2.35. The molecule has 270 valence electrons. The van der Waals surface area contributed by atoms with Crippen LogP contribution < -0.4 is 20.7 Å². The van der Waals surface area contributed by atoms with E-state index in [4.69, 9.17) is 37.9 Å². The Morgan fingerprint density at radius 3 is 2.54 bits per heavy atom. The third kappa shape index (κ3) is 7.72. The minimum atomic E-state index is -0.713. The van der Waals surface area contributed by atoms with E-state index in [0.717, 1.165) is 62.7 Å². The van der Waals surface area contributed by atoms with Crippen molar-refractivity contribution in [3.05, 3.63) is 81.0 Å². The SMILES string of the molecule is COc1cc(-c2cccc(-c3cccc(Nc4nccc5sc(CN6CCC(C(=O)O)CC6)nc45)c3Cl)c2Cl)nc(C)c1CNCC1CCC(=O)N1. The minimum absolute atomic E-state index is 0.0965. The number of methoxy groups -OCH3 is 1. The fraction of sp³-hybridized carbons (Fsp3) is 0.342. The maximum Gasteiger partial charge on any atom is 0.306 e. The number of carboxylic acids is 1. The number of carboxylic acid groups (broad SMARTS) is 1. The number of likely N-dealkylation sites (tertiary alicyclic amines) is 1. The largest absolute Gasteiger partial charge is 0.496 e. The van der Waals surface area contributed by atoms with Gasteiger partial charge in [0.1, 0.15) is 16.3 Å². The summed E-state index contributed by atoms with van der Waals surface area (Å²) in [4.78, 5) is 39.7. The van der Waals surface area contributed by atoms with Gasteiger partial charge in [-0.1, -0.05) is 53.5 Å². The fourth-order valence-electron chi connectivity index (χ4n) is 6.90. The van der Waals surface area contributed by atoms with E-state index in [9.17, 15) is 14.7 Å². The van der Waals surface area contributed by atoms with Crippen LogP contribution in [0.1, 0.15) is 41.9 Å². The number of pyridine rings is 2. The van der Waals surface area contributed by atoms with Gasteiger partial charge in [-0.05, 0) is 51.4 Å². The number of aryl methyl sites for hydroxylation is 1. The van der Waals surface area contributed by atoms with Gasteiger partial charge in [-0.3, -0.25) is 19.5 Å². The molecule has 1 atom stereocenters. The summed E-state index contributed by atoms with van der Waals surface area (Å²) in [5.41, 5.74) is 6.11. The van der Waals surface area contributed by atoms with Crippen LogP contribution in [-0.4, -0.2) is 69.6 Å². The van der Waals surface area contributed by atoms with Gasteiger partial charge in [0.15, 0.2) is 5.82 Å². The van der Waals surface area contributed by atoms with Crippen LogP contribution >= 0.6 is 34.5 Å². The van der Waals surface area contributed by atoms with Gasteiger partial charge in [-0.15, -0.1) is 11.3 Å². The lowest BCUT2D eigenvalue weighted by molar-refractivity contribution is -0.143. The number of thiazole rings is 1. The van der Waals surface area contributed by atoms with Crippen molar-refractivity contribution in [3.8, 4) is 28.1 Å². The topological polar surface area (TPSA) is 142 Å². The number of carbonyl (C=O) groups excluding carboxylic acids is 1. The summed E-state index contributed by atoms with van der Waals surface area (Å²) < 4.78 is 6.80. The highest BCUT2D eigenvalue weighted by Gasteiger charge is 2.26. The molecule has 0 aliphatic carbocycles. The molecular formula is C38H39Cl2N7O4S. The first-order valence-corrected chi connectivity index (χ1v) is 18.8. The second-order valence-electron chi connectivity index (χ2n) is 13.2. The number of ether oxygens (including phenoxy) is 1. The number of amides is 1. The Bertz CT molecular complexity index is 2140. The van der Waals surface area contributed by atoms with Crippen LogP contribution in [0, 0.1) is 12.8 Å². The number of fused-ring (bicyclic) bond motifs is 1. The molecule has 0 saturated carbocycles. The number of carbonyl (C=O) groups is 2. The van der Waals surface area contributed by atoms with Crippen LogP contribution in [0.5, 0.6) is 5.75 Å². The zero-order valence-corrected chi connectivity index (χ0v) is 31.2. The molecule has 0 bridgehead atoms. The van der Waals surface area contributed by atoms with E-state index in [1.54, 1.807) is 24.6 Å². The summed E-state index contributed by atoms with van der Waals surface area (Å²) >= 11 is 15.9. The molecule has 2 fully saturated rings. The molecule has 14 heteroatoms. The number of halogens is 2. The van der Waals surface area contributed by atoms with Crippen LogP contribution in [0.2, 0.25) is 10.0 Å². The monoisotopic (exact) mass is 759 g/mol. The molecule has 2 aliphatic rings. The van der Waals surface area contributed by atoms with Gasteiger partial charge in [0, 0.05) is 65.8 Å². The van der Waals surface area contributed by atoms with Gasteiger partial charge in [-0.25, -0.2) is 9.97 Å². The smallest absolute Gasteiger partial charge is 0.306 e. The second-order valence-corrected chi connectivity index (χ2v) is 15.0. The quantitative estimate of drug-likeness (QED) is 0.101. The summed E-state index contributed by atoms with van der Waals surface area (Å²) in [6, 6.07) is 15.5. The van der Waals surface area contributed by atoms with Crippen molar-refractivity contribution in [2.24, 2.45) is 5.92 Å². The molecule has 0 spiro atoms. The van der Waals surface area contributed by atoms with Crippen LogP contribution in [0.3, 0.4) is 0 Å². The summed E-state index contributed by atoms with van der Waals surface area (Å²) in [5, 5.41) is 21.1. The Kier molecular flexibility index (Phi) is 10.9. The number of nitrogens with zero attached hydrogens (tertiary/aromatic N) is 4. The maximum absolute atomic E-state index is 11.6. The first-order chi connectivity index (χ1) is 25.2. The fourth-order valence-corrected chi connectivity index (χ4v) is 8.50. The third-order valence-electron chi connectivity index (χ3n) is 9.75. The normalized spacial score (nSPS) is 16.7. The number of hydrogen-bond donors (Lipinski definition) is 4. The molecule has 4 N–H and O–H groups in total. The molecule has 0 radical (unpaired) electrons. The van der Waals surface area contributed by atoms with E-state index in [1.165, 1.54) is 0 Å². The summed E-state index contributed by atoms with van der Waals surface area (Å²) in [6.45, 7) is 5.31. The predicted octanol–water partition coefficient (Wildman–Crippen LogP) is 7.45. The molecule has 52 heavy (non-hydrogen) atoms. The Hall–Kier alpha value is -4.33. The third-order valence-corrected chi connectivity index (χ3v) is 11.6. The van der Waals surface area contributed by atoms with E-state index in [2.05, 4.69) is 25.8 Å². The van der Waals surface area contributed by atoms with Crippen molar-refractivity contribution in [3.63, 3.8) is 0 Å². The molecule has 2 aromatic carbocycles. The highest BCUT2D eigenvalue weighted by atomic mass is 35.5. The molecule has 1 amide bonds. The Labute approximate surface area is 315 Å². The van der Waals surface area contributed by atoms with Gasteiger partial charge in [0.2, 0.25) is 5.91 Å². The highest BCUT2D eigenvalue weighted by Crippen LogP contribution is 2.43. The summed E-state index contributed by atoms with van der Waals surface area (Å²) in [5.74, 6) is 0.409. The molecular weight excluding hydrogens is 721 g/mol. The van der Waals surface area contributed by atoms with Crippen LogP contribution in [0.4, 0.5) is 11.5 Å². The molecule has 1 unspecified atom stereocenters. The van der Waals surface area contributed by atoms with Gasteiger partial charge < -0.3 is 25.8 Å². The zero-order chi connectivity index (χ0) is 36.4. The van der Waals surface area contributed by atoms with E-state index in [1.807, 2.05) is 55.5 Å². The molecule has 5 aromatic rings. The number of aliphatic carboxylic acids is 1. The first kappa shape index (κ1) is 36.0. The van der Waals surface area contributed by atoms with Crippen LogP contribution in [0.25, 0.3) is 32.6 Å². The van der Waals surface area contributed by atoms with Crippen molar-refractivity contribution >= 4 is 68.1 Å². The Morgan fingerprint density at radius 2 is 1.81 bits per heavy atom. The van der Waals surface area contributed by atoms with Gasteiger partial charge in [0.05, 0.1) is 45.7 Å². The van der Waals surface area contributed by atoms with Crippen LogP contribution in [0.15, 0.2) is 54.7 Å². The van der Waals surface area contributed by atoms with Gasteiger partial charge >= 0.3 is 5.97 Å². The number of rotatable bonds is 12. The van der Waals surface area contributed by atoms with Crippen molar-refractivity contribution in [1.29, 1.82) is 0 Å². The molecule has 2 saturated heterocycles. The van der Waals surface area contributed by atoms with Crippen molar-refractivity contribution in [2.75, 3.05) is 32.1 Å². The summed E-state index contributed by atoms with van der Waals surface area (Å²) in [7, 11) is 1.64. The Morgan fingerprint density at radius 1 is 1.06 bits per heavy atom. The minimum Gasteiger partial charge on any atom is -0.496 e. The van der Waals surface area contributed by atoms with E-state index in [0.29, 0.717) is 71.9 Å².